The van der Waals surface area contributed by atoms with Gasteiger partial charge in [0.25, 0.3) is 0 Å². The minimum atomic E-state index is -0.653. The molecule has 0 saturated carbocycles. The smallest absolute Gasteiger partial charge is 0.313 e. The summed E-state index contributed by atoms with van der Waals surface area (Å²) in [6.07, 6.45) is 0.969. The molecule has 0 bridgehead atoms. The Bertz CT molecular complexity index is 787. The molecule has 0 spiro atoms. The number of hydrogen-bond acceptors (Lipinski definition) is 7. The number of ether oxygens (including phenoxy) is 3. The molecule has 0 aromatic heterocycles. The lowest BCUT2D eigenvalue weighted by Crippen LogP contribution is -2.34. The van der Waals surface area contributed by atoms with Crippen LogP contribution in [0, 0.1) is 17.2 Å². The zero-order valence-electron chi connectivity index (χ0n) is 19.9. The van der Waals surface area contributed by atoms with E-state index in [1.54, 1.807) is 14.2 Å². The number of carbonyl (C=O) groups excluding carboxylic acids is 2. The average Bonchev–Trinajstić information content (AvgIpc) is 2.69. The third-order valence-electron chi connectivity index (χ3n) is 5.49. The number of Topliss-reactive ketones (excluding diaryl/α,β-unsaturated/α-hetero) is 1. The van der Waals surface area contributed by atoms with Crippen LogP contribution in [0.15, 0.2) is 18.2 Å². The van der Waals surface area contributed by atoms with Gasteiger partial charge in [0.15, 0.2) is 11.5 Å². The molecule has 7 heteroatoms. The molecule has 2 atom stereocenters. The van der Waals surface area contributed by atoms with Gasteiger partial charge in [-0.25, -0.2) is 0 Å². The molecule has 7 nitrogen and oxygen atoms in total. The van der Waals surface area contributed by atoms with Gasteiger partial charge in [-0.2, -0.15) is 5.26 Å². The van der Waals surface area contributed by atoms with Gasteiger partial charge in [-0.1, -0.05) is 19.9 Å². The van der Waals surface area contributed by atoms with Crippen molar-refractivity contribution in [1.82, 2.24) is 4.90 Å². The Balaban J connectivity index is 2.79. The van der Waals surface area contributed by atoms with Crippen LogP contribution in [0.25, 0.3) is 0 Å². The molecular formula is C24H36N2O5. The molecular weight excluding hydrogens is 396 g/mol. The van der Waals surface area contributed by atoms with Crippen LogP contribution < -0.4 is 9.47 Å². The maximum absolute atomic E-state index is 11.6. The van der Waals surface area contributed by atoms with E-state index in [-0.39, 0.29) is 24.2 Å². The highest BCUT2D eigenvalue weighted by molar-refractivity contribution is 5.94. The van der Waals surface area contributed by atoms with Crippen molar-refractivity contribution in [3.63, 3.8) is 0 Å². The largest absolute Gasteiger partial charge is 0.493 e. The number of ketones is 1. The second-order valence-electron chi connectivity index (χ2n) is 8.35. The highest BCUT2D eigenvalue weighted by atomic mass is 16.5. The number of nitrogens with zero attached hydrogens (tertiary/aromatic N) is 2. The molecule has 2 unspecified atom stereocenters. The van der Waals surface area contributed by atoms with E-state index >= 15 is 0 Å². The Hall–Kier alpha value is -2.59. The second kappa shape index (κ2) is 12.3. The maximum Gasteiger partial charge on any atom is 0.313 e. The van der Waals surface area contributed by atoms with Crippen LogP contribution in [0.2, 0.25) is 0 Å². The fourth-order valence-corrected chi connectivity index (χ4v) is 3.79. The number of benzene rings is 1. The van der Waals surface area contributed by atoms with Gasteiger partial charge in [-0.05, 0) is 63.9 Å². The van der Waals surface area contributed by atoms with E-state index in [2.05, 4.69) is 24.8 Å². The molecule has 0 fully saturated rings. The monoisotopic (exact) mass is 432 g/mol. The van der Waals surface area contributed by atoms with Crippen LogP contribution in [0.4, 0.5) is 0 Å². The summed E-state index contributed by atoms with van der Waals surface area (Å²) in [7, 11) is 5.13. The van der Waals surface area contributed by atoms with Gasteiger partial charge in [0.1, 0.15) is 18.3 Å². The number of carbonyl (C=O) groups is 2. The lowest BCUT2D eigenvalue weighted by molar-refractivity contribution is -0.150. The summed E-state index contributed by atoms with van der Waals surface area (Å²) >= 11 is 0. The Morgan fingerprint density at radius 3 is 2.32 bits per heavy atom. The molecule has 0 N–H and O–H groups in total. The van der Waals surface area contributed by atoms with Gasteiger partial charge in [-0.15, -0.1) is 0 Å². The molecule has 0 radical (unpaired) electrons. The highest BCUT2D eigenvalue weighted by Gasteiger charge is 2.36. The molecule has 1 rings (SSSR count). The molecule has 0 aliphatic carbocycles. The summed E-state index contributed by atoms with van der Waals surface area (Å²) in [5.74, 6) is 0.647. The highest BCUT2D eigenvalue weighted by Crippen LogP contribution is 2.40. The number of methoxy groups -OCH3 is 2. The Labute approximate surface area is 186 Å². The standard InChI is InChI=1S/C24H36N2O5/c1-17(2)24(16-25,20-9-10-21(29-6)22(14-20)30-7)11-8-12-26(5)15-19(4)31-23(28)13-18(3)27/h9-10,14,17,19H,8,11-13,15H2,1-7H3. The van der Waals surface area contributed by atoms with E-state index in [9.17, 15) is 14.9 Å². The lowest BCUT2D eigenvalue weighted by atomic mass is 9.69. The third kappa shape index (κ3) is 7.55. The van der Waals surface area contributed by atoms with Crippen LogP contribution in [0.5, 0.6) is 11.5 Å². The summed E-state index contributed by atoms with van der Waals surface area (Å²) in [4.78, 5) is 24.7. The molecule has 0 saturated heterocycles. The van der Waals surface area contributed by atoms with Crippen LogP contribution >= 0.6 is 0 Å². The summed E-state index contributed by atoms with van der Waals surface area (Å²) in [6, 6.07) is 8.23. The number of nitriles is 1. The van der Waals surface area contributed by atoms with Gasteiger partial charge >= 0.3 is 5.97 Å². The first-order valence-electron chi connectivity index (χ1n) is 10.6. The Morgan fingerprint density at radius 2 is 1.81 bits per heavy atom. The zero-order valence-corrected chi connectivity index (χ0v) is 19.9. The number of likely N-dealkylation sites (N-methyl/N-ethyl adjacent to an activating group) is 1. The van der Waals surface area contributed by atoms with Gasteiger partial charge < -0.3 is 19.1 Å². The second-order valence-corrected chi connectivity index (χ2v) is 8.35. The van der Waals surface area contributed by atoms with Crippen molar-refractivity contribution in [1.29, 1.82) is 5.26 Å². The van der Waals surface area contributed by atoms with Gasteiger partial charge in [0.05, 0.1) is 25.7 Å². The first kappa shape index (κ1) is 26.4. The Kier molecular flexibility index (Phi) is 10.5. The lowest BCUT2D eigenvalue weighted by Gasteiger charge is -2.32. The summed E-state index contributed by atoms with van der Waals surface area (Å²) in [5.41, 5.74) is 0.261. The molecule has 0 aliphatic rings. The molecule has 1 aromatic carbocycles. The van der Waals surface area contributed by atoms with Crippen molar-refractivity contribution in [2.75, 3.05) is 34.4 Å². The predicted molar refractivity (Wildman–Crippen MR) is 119 cm³/mol. The molecule has 172 valence electrons. The van der Waals surface area contributed by atoms with Gasteiger partial charge in [0.2, 0.25) is 0 Å². The molecule has 0 amide bonds. The van der Waals surface area contributed by atoms with Crippen LogP contribution in [-0.2, 0) is 19.7 Å². The van der Waals surface area contributed by atoms with Gasteiger partial charge in [0, 0.05) is 6.54 Å². The zero-order chi connectivity index (χ0) is 23.6. The van der Waals surface area contributed by atoms with Crippen molar-refractivity contribution < 1.29 is 23.8 Å². The van der Waals surface area contributed by atoms with E-state index in [1.165, 1.54) is 6.92 Å². The molecule has 31 heavy (non-hydrogen) atoms. The topological polar surface area (TPSA) is 88.9 Å². The van der Waals surface area contributed by atoms with E-state index in [4.69, 9.17) is 14.2 Å². The van der Waals surface area contributed by atoms with Crippen molar-refractivity contribution in [2.24, 2.45) is 5.92 Å². The minimum absolute atomic E-state index is 0.104. The van der Waals surface area contributed by atoms with E-state index in [0.717, 1.165) is 18.5 Å². The normalized spacial score (nSPS) is 13.9. The summed E-state index contributed by atoms with van der Waals surface area (Å²) in [6.45, 7) is 8.60. The Morgan fingerprint density at radius 1 is 1.16 bits per heavy atom. The van der Waals surface area contributed by atoms with E-state index in [0.29, 0.717) is 24.5 Å². The van der Waals surface area contributed by atoms with E-state index < -0.39 is 11.4 Å². The van der Waals surface area contributed by atoms with Crippen molar-refractivity contribution in [3.8, 4) is 17.6 Å². The van der Waals surface area contributed by atoms with Crippen molar-refractivity contribution >= 4 is 11.8 Å². The maximum atomic E-state index is 11.6. The fourth-order valence-electron chi connectivity index (χ4n) is 3.79. The minimum Gasteiger partial charge on any atom is -0.493 e. The molecule has 1 aromatic rings. The van der Waals surface area contributed by atoms with Gasteiger partial charge in [-0.3, -0.25) is 9.59 Å². The quantitative estimate of drug-likeness (QED) is 0.346. The first-order valence-corrected chi connectivity index (χ1v) is 10.6. The van der Waals surface area contributed by atoms with Crippen molar-refractivity contribution in [3.05, 3.63) is 23.8 Å². The summed E-state index contributed by atoms with van der Waals surface area (Å²) in [5, 5.41) is 10.2. The number of esters is 1. The van der Waals surface area contributed by atoms with E-state index in [1.807, 2.05) is 32.2 Å². The molecule has 0 aliphatic heterocycles. The predicted octanol–water partition coefficient (Wildman–Crippen LogP) is 3.74. The fraction of sp³-hybridized carbons (Fsp3) is 0.625. The first-order chi connectivity index (χ1) is 14.6. The van der Waals surface area contributed by atoms with Crippen LogP contribution in [0.1, 0.15) is 52.5 Å². The average molecular weight is 433 g/mol. The molecule has 0 heterocycles. The number of rotatable bonds is 13. The third-order valence-corrected chi connectivity index (χ3v) is 5.49. The summed E-state index contributed by atoms with van der Waals surface area (Å²) < 4.78 is 16.0. The van der Waals surface area contributed by atoms with Crippen molar-refractivity contribution in [2.45, 2.75) is 58.5 Å². The van der Waals surface area contributed by atoms with Crippen LogP contribution in [-0.4, -0.2) is 57.1 Å². The SMILES string of the molecule is COc1ccc(C(C#N)(CCCN(C)CC(C)OC(=O)CC(C)=O)C(C)C)cc1OC. The number of hydrogen-bond donors (Lipinski definition) is 0. The van der Waals surface area contributed by atoms with Crippen LogP contribution in [0.3, 0.4) is 0 Å².